The Hall–Kier alpha value is -4.13. The van der Waals surface area contributed by atoms with Crippen molar-refractivity contribution < 1.29 is 22.4 Å². The molecule has 4 aromatic rings. The molecule has 1 amide bonds. The Labute approximate surface area is 200 Å². The normalized spacial score (nSPS) is 16.8. The molecule has 0 aliphatic heterocycles. The van der Waals surface area contributed by atoms with Gasteiger partial charge in [0.15, 0.2) is 0 Å². The Balaban J connectivity index is 1.29. The number of carbonyl (C=O) groups is 1. The quantitative estimate of drug-likeness (QED) is 0.259. The minimum atomic E-state index is -4.44. The number of hydrazone groups is 1. The molecular weight excluding hydrogens is 453 g/mol. The molecule has 7 heteroatoms. The van der Waals surface area contributed by atoms with E-state index in [-0.39, 0.29) is 17.6 Å². The van der Waals surface area contributed by atoms with Gasteiger partial charge in [-0.3, -0.25) is 4.79 Å². The number of rotatable bonds is 6. The summed E-state index contributed by atoms with van der Waals surface area (Å²) in [5.41, 5.74) is 3.89. The second-order valence-corrected chi connectivity index (χ2v) is 8.47. The van der Waals surface area contributed by atoms with Gasteiger partial charge >= 0.3 is 6.18 Å². The highest BCUT2D eigenvalue weighted by atomic mass is 19.4. The van der Waals surface area contributed by atoms with E-state index < -0.39 is 17.2 Å². The molecule has 1 aromatic heterocycles. The number of furan rings is 1. The van der Waals surface area contributed by atoms with Crippen molar-refractivity contribution >= 4 is 12.1 Å². The van der Waals surface area contributed by atoms with Gasteiger partial charge in [0.1, 0.15) is 11.5 Å². The number of nitrogens with one attached hydrogen (secondary N) is 1. The molecule has 1 saturated carbocycles. The van der Waals surface area contributed by atoms with Crippen LogP contribution in [0.1, 0.15) is 28.9 Å². The van der Waals surface area contributed by atoms with Crippen LogP contribution in [0.5, 0.6) is 0 Å². The fraction of sp³-hybridized carbons (Fsp3) is 0.143. The summed E-state index contributed by atoms with van der Waals surface area (Å²) in [4.78, 5) is 13.0. The van der Waals surface area contributed by atoms with Crippen LogP contribution in [-0.2, 0) is 16.4 Å². The number of amides is 1. The first-order valence-corrected chi connectivity index (χ1v) is 11.1. The van der Waals surface area contributed by atoms with Crippen molar-refractivity contribution in [1.82, 2.24) is 5.43 Å². The third-order valence-electron chi connectivity index (χ3n) is 6.32. The van der Waals surface area contributed by atoms with Gasteiger partial charge in [0, 0.05) is 11.0 Å². The summed E-state index contributed by atoms with van der Waals surface area (Å²) in [6.07, 6.45) is -2.43. The summed E-state index contributed by atoms with van der Waals surface area (Å²) in [6.45, 7) is 0. The summed E-state index contributed by atoms with van der Waals surface area (Å²) < 4.78 is 44.5. The summed E-state index contributed by atoms with van der Waals surface area (Å²) in [6, 6.07) is 27.9. The maximum Gasteiger partial charge on any atom is 0.416 e. The minimum Gasteiger partial charge on any atom is -0.455 e. The maximum atomic E-state index is 13.0. The number of benzene rings is 3. The van der Waals surface area contributed by atoms with Crippen LogP contribution in [-0.4, -0.2) is 12.1 Å². The molecule has 1 N–H and O–H groups in total. The van der Waals surface area contributed by atoms with Crippen molar-refractivity contribution in [1.29, 1.82) is 0 Å². The van der Waals surface area contributed by atoms with Crippen LogP contribution in [0.2, 0.25) is 0 Å². The van der Waals surface area contributed by atoms with E-state index in [1.54, 1.807) is 12.1 Å². The van der Waals surface area contributed by atoms with Crippen LogP contribution in [0.3, 0.4) is 0 Å². The van der Waals surface area contributed by atoms with Gasteiger partial charge in [-0.15, -0.1) is 0 Å². The highest BCUT2D eigenvalue weighted by Gasteiger charge is 2.60. The SMILES string of the molecule is O=C(N/N=C\c1ccc(-c2cccc(C(F)(F)F)c2)o1)[C@@H]1CC1(c1ccccc1)c1ccccc1. The first kappa shape index (κ1) is 22.7. The topological polar surface area (TPSA) is 54.6 Å². The average Bonchev–Trinajstić information content (AvgIpc) is 3.47. The highest BCUT2D eigenvalue weighted by molar-refractivity contribution is 5.87. The average molecular weight is 474 g/mol. The van der Waals surface area contributed by atoms with Gasteiger partial charge in [-0.25, -0.2) is 5.43 Å². The summed E-state index contributed by atoms with van der Waals surface area (Å²) in [5.74, 6) is 0.101. The molecule has 0 saturated heterocycles. The molecule has 1 heterocycles. The van der Waals surface area contributed by atoms with Gasteiger partial charge in [-0.1, -0.05) is 72.8 Å². The van der Waals surface area contributed by atoms with Crippen molar-refractivity contribution in [2.45, 2.75) is 18.0 Å². The number of hydrogen-bond donors (Lipinski definition) is 1. The maximum absolute atomic E-state index is 13.0. The monoisotopic (exact) mass is 474 g/mol. The number of hydrogen-bond acceptors (Lipinski definition) is 3. The lowest BCUT2D eigenvalue weighted by Gasteiger charge is -2.18. The largest absolute Gasteiger partial charge is 0.455 e. The molecule has 1 aliphatic rings. The number of carbonyl (C=O) groups excluding carboxylic acids is 1. The van der Waals surface area contributed by atoms with Gasteiger partial charge < -0.3 is 4.42 Å². The van der Waals surface area contributed by atoms with Crippen LogP contribution in [0.25, 0.3) is 11.3 Å². The predicted molar refractivity (Wildman–Crippen MR) is 127 cm³/mol. The van der Waals surface area contributed by atoms with Gasteiger partial charge in [-0.05, 0) is 41.8 Å². The fourth-order valence-electron chi connectivity index (χ4n) is 4.52. The predicted octanol–water partition coefficient (Wildman–Crippen LogP) is 6.42. The summed E-state index contributed by atoms with van der Waals surface area (Å²) >= 11 is 0. The van der Waals surface area contributed by atoms with E-state index in [1.165, 1.54) is 18.3 Å². The summed E-state index contributed by atoms with van der Waals surface area (Å²) in [7, 11) is 0. The molecule has 1 atom stereocenters. The van der Waals surface area contributed by atoms with Gasteiger partial charge in [0.05, 0.1) is 17.7 Å². The van der Waals surface area contributed by atoms with Crippen LogP contribution < -0.4 is 5.43 Å². The van der Waals surface area contributed by atoms with Crippen LogP contribution in [0.4, 0.5) is 13.2 Å². The van der Waals surface area contributed by atoms with E-state index >= 15 is 0 Å². The lowest BCUT2D eigenvalue weighted by Crippen LogP contribution is -2.25. The molecule has 0 spiro atoms. The molecule has 4 nitrogen and oxygen atoms in total. The Morgan fingerprint density at radius 3 is 2.20 bits per heavy atom. The van der Waals surface area contributed by atoms with Crippen LogP contribution in [0, 0.1) is 5.92 Å². The molecule has 0 unspecified atom stereocenters. The minimum absolute atomic E-state index is 0.210. The zero-order chi connectivity index (χ0) is 24.5. The van der Waals surface area contributed by atoms with Crippen molar-refractivity contribution in [2.24, 2.45) is 11.0 Å². The van der Waals surface area contributed by atoms with Gasteiger partial charge in [0.2, 0.25) is 5.91 Å². The summed E-state index contributed by atoms with van der Waals surface area (Å²) in [5, 5.41) is 4.02. The molecule has 0 radical (unpaired) electrons. The molecule has 3 aromatic carbocycles. The van der Waals surface area contributed by atoms with Crippen molar-refractivity contribution in [3.8, 4) is 11.3 Å². The lowest BCUT2D eigenvalue weighted by atomic mass is 9.85. The van der Waals surface area contributed by atoms with E-state index in [2.05, 4.69) is 10.5 Å². The smallest absolute Gasteiger partial charge is 0.416 e. The van der Waals surface area contributed by atoms with Gasteiger partial charge in [-0.2, -0.15) is 18.3 Å². The molecule has 0 bridgehead atoms. The van der Waals surface area contributed by atoms with E-state index in [4.69, 9.17) is 4.42 Å². The molecule has 1 aliphatic carbocycles. The first-order valence-electron chi connectivity index (χ1n) is 11.1. The standard InChI is InChI=1S/C28H21F3N2O2/c29-28(30,31)22-13-7-8-19(16-22)25-15-14-23(35-25)18-32-33-26(34)24-17-27(24,20-9-3-1-4-10-20)21-11-5-2-6-12-21/h1-16,18,24H,17H2,(H,33,34)/b32-18-/t24-/m0/s1. The molecule has 176 valence electrons. The molecule has 5 rings (SSSR count). The number of alkyl halides is 3. The van der Waals surface area contributed by atoms with E-state index in [9.17, 15) is 18.0 Å². The van der Waals surface area contributed by atoms with Gasteiger partial charge in [0.25, 0.3) is 0 Å². The first-order chi connectivity index (χ1) is 16.9. The number of halogens is 3. The second kappa shape index (κ2) is 8.91. The van der Waals surface area contributed by atoms with E-state index in [1.807, 2.05) is 60.7 Å². The van der Waals surface area contributed by atoms with E-state index in [0.717, 1.165) is 23.3 Å². The Bertz CT molecular complexity index is 1320. The van der Waals surface area contributed by atoms with E-state index in [0.29, 0.717) is 17.7 Å². The zero-order valence-corrected chi connectivity index (χ0v) is 18.5. The van der Waals surface area contributed by atoms with Crippen molar-refractivity contribution in [3.05, 3.63) is 120 Å². The highest BCUT2D eigenvalue weighted by Crippen LogP contribution is 2.58. The third-order valence-corrected chi connectivity index (χ3v) is 6.32. The van der Waals surface area contributed by atoms with Crippen molar-refractivity contribution in [3.63, 3.8) is 0 Å². The third kappa shape index (κ3) is 4.49. The van der Waals surface area contributed by atoms with Crippen LogP contribution in [0.15, 0.2) is 107 Å². The Morgan fingerprint density at radius 2 is 1.57 bits per heavy atom. The van der Waals surface area contributed by atoms with Crippen LogP contribution >= 0.6 is 0 Å². The van der Waals surface area contributed by atoms with Crippen molar-refractivity contribution in [2.75, 3.05) is 0 Å². The molecule has 1 fully saturated rings. The molecule has 35 heavy (non-hydrogen) atoms. The number of nitrogens with zero attached hydrogens (tertiary/aromatic N) is 1. The lowest BCUT2D eigenvalue weighted by molar-refractivity contribution is -0.137. The second-order valence-electron chi connectivity index (χ2n) is 8.47. The molecular formula is C28H21F3N2O2. The zero-order valence-electron chi connectivity index (χ0n) is 18.5. The Morgan fingerprint density at radius 1 is 0.914 bits per heavy atom. The Kier molecular flexibility index (Phi) is 5.76. The fourth-order valence-corrected chi connectivity index (χ4v) is 4.52.